The summed E-state index contributed by atoms with van der Waals surface area (Å²) in [6, 6.07) is 8.05. The lowest BCUT2D eigenvalue weighted by atomic mass is 10.0. The molecule has 3 unspecified atom stereocenters. The molecule has 3 atom stereocenters. The van der Waals surface area contributed by atoms with Gasteiger partial charge in [0.2, 0.25) is 0 Å². The van der Waals surface area contributed by atoms with Crippen molar-refractivity contribution in [2.45, 2.75) is 50.8 Å². The maximum absolute atomic E-state index is 12.6. The predicted octanol–water partition coefficient (Wildman–Crippen LogP) is 3.25. The van der Waals surface area contributed by atoms with E-state index < -0.39 is 0 Å². The Kier molecular flexibility index (Phi) is 6.57. The molecule has 5 nitrogen and oxygen atoms in total. The van der Waals surface area contributed by atoms with Crippen LogP contribution >= 0.6 is 11.6 Å². The maximum atomic E-state index is 12.6. The molecule has 2 aliphatic heterocycles. The molecule has 2 saturated heterocycles. The standard InChI is InChI=1S/C19H27ClN2O3/c1-14(12-25-17-8-10-24-13-17)21-19(23)22-9-4-6-16(22)11-15-5-2-3-7-18(15)20/h2-3,5,7,14,16-17H,4,6,8-13H2,1H3,(H,21,23). The number of likely N-dealkylation sites (tertiary alicyclic amines) is 1. The van der Waals surface area contributed by atoms with Crippen LogP contribution in [-0.4, -0.2) is 55.5 Å². The zero-order valence-electron chi connectivity index (χ0n) is 14.7. The SMILES string of the molecule is CC(COC1CCOC1)NC(=O)N1CCCC1Cc1ccccc1Cl. The second kappa shape index (κ2) is 8.88. The van der Waals surface area contributed by atoms with E-state index in [1.165, 1.54) is 0 Å². The number of hydrogen-bond acceptors (Lipinski definition) is 3. The van der Waals surface area contributed by atoms with E-state index in [-0.39, 0.29) is 24.2 Å². The predicted molar refractivity (Wildman–Crippen MR) is 98.1 cm³/mol. The van der Waals surface area contributed by atoms with Crippen molar-refractivity contribution >= 4 is 17.6 Å². The molecular formula is C19H27ClN2O3. The molecule has 138 valence electrons. The van der Waals surface area contributed by atoms with Crippen molar-refractivity contribution < 1.29 is 14.3 Å². The topological polar surface area (TPSA) is 50.8 Å². The highest BCUT2D eigenvalue weighted by Gasteiger charge is 2.30. The van der Waals surface area contributed by atoms with Crippen LogP contribution in [0.1, 0.15) is 31.7 Å². The van der Waals surface area contributed by atoms with Gasteiger partial charge in [-0.3, -0.25) is 0 Å². The van der Waals surface area contributed by atoms with Gasteiger partial charge in [-0.15, -0.1) is 0 Å². The fraction of sp³-hybridized carbons (Fsp3) is 0.632. The molecule has 2 amide bonds. The van der Waals surface area contributed by atoms with Crippen LogP contribution in [-0.2, 0) is 15.9 Å². The van der Waals surface area contributed by atoms with Gasteiger partial charge in [-0.05, 0) is 44.2 Å². The number of amides is 2. The van der Waals surface area contributed by atoms with Gasteiger partial charge in [0.05, 0.1) is 25.4 Å². The minimum Gasteiger partial charge on any atom is -0.379 e. The van der Waals surface area contributed by atoms with E-state index in [1.807, 2.05) is 36.1 Å². The van der Waals surface area contributed by atoms with E-state index in [1.54, 1.807) is 0 Å². The highest BCUT2D eigenvalue weighted by molar-refractivity contribution is 6.31. The number of carbonyl (C=O) groups excluding carboxylic acids is 1. The maximum Gasteiger partial charge on any atom is 0.317 e. The molecule has 1 N–H and O–H groups in total. The summed E-state index contributed by atoms with van der Waals surface area (Å²) in [5.41, 5.74) is 1.10. The highest BCUT2D eigenvalue weighted by Crippen LogP contribution is 2.25. The van der Waals surface area contributed by atoms with Gasteiger partial charge in [-0.1, -0.05) is 29.8 Å². The summed E-state index contributed by atoms with van der Waals surface area (Å²) >= 11 is 6.27. The molecule has 1 aromatic carbocycles. The van der Waals surface area contributed by atoms with Crippen molar-refractivity contribution in [1.82, 2.24) is 10.2 Å². The minimum atomic E-state index is -0.0188. The molecule has 0 saturated carbocycles. The van der Waals surface area contributed by atoms with Gasteiger partial charge in [-0.2, -0.15) is 0 Å². The number of nitrogens with one attached hydrogen (secondary N) is 1. The van der Waals surface area contributed by atoms with E-state index in [4.69, 9.17) is 21.1 Å². The lowest BCUT2D eigenvalue weighted by molar-refractivity contribution is 0.0329. The lowest BCUT2D eigenvalue weighted by Gasteiger charge is -2.27. The van der Waals surface area contributed by atoms with Gasteiger partial charge in [0, 0.05) is 24.2 Å². The first-order chi connectivity index (χ1) is 12.1. The summed E-state index contributed by atoms with van der Waals surface area (Å²) in [5, 5.41) is 3.84. The first-order valence-corrected chi connectivity index (χ1v) is 9.51. The number of benzene rings is 1. The zero-order chi connectivity index (χ0) is 17.6. The molecule has 0 aliphatic carbocycles. The van der Waals surface area contributed by atoms with Gasteiger partial charge < -0.3 is 19.7 Å². The van der Waals surface area contributed by atoms with Gasteiger partial charge in [0.15, 0.2) is 0 Å². The quantitative estimate of drug-likeness (QED) is 0.840. The first-order valence-electron chi connectivity index (χ1n) is 9.13. The average molecular weight is 367 g/mol. The normalized spacial score (nSPS) is 24.5. The van der Waals surface area contributed by atoms with Crippen molar-refractivity contribution in [3.8, 4) is 0 Å². The smallest absolute Gasteiger partial charge is 0.317 e. The Morgan fingerprint density at radius 2 is 2.28 bits per heavy atom. The van der Waals surface area contributed by atoms with Crippen molar-refractivity contribution in [3.05, 3.63) is 34.9 Å². The lowest BCUT2D eigenvalue weighted by Crippen LogP contribution is -2.48. The zero-order valence-corrected chi connectivity index (χ0v) is 15.5. The minimum absolute atomic E-state index is 0.00618. The van der Waals surface area contributed by atoms with Crippen LogP contribution in [0.4, 0.5) is 4.79 Å². The molecule has 0 radical (unpaired) electrons. The number of ether oxygens (including phenoxy) is 2. The third-order valence-electron chi connectivity index (χ3n) is 4.89. The summed E-state index contributed by atoms with van der Waals surface area (Å²) < 4.78 is 11.1. The summed E-state index contributed by atoms with van der Waals surface area (Å²) in [6.45, 7) is 4.72. The summed E-state index contributed by atoms with van der Waals surface area (Å²) in [7, 11) is 0. The number of urea groups is 1. The molecule has 2 aliphatic rings. The van der Waals surface area contributed by atoms with Crippen LogP contribution in [0.15, 0.2) is 24.3 Å². The third-order valence-corrected chi connectivity index (χ3v) is 5.26. The molecule has 0 bridgehead atoms. The molecule has 25 heavy (non-hydrogen) atoms. The van der Waals surface area contributed by atoms with Crippen molar-refractivity contribution in [2.24, 2.45) is 0 Å². The Balaban J connectivity index is 1.49. The highest BCUT2D eigenvalue weighted by atomic mass is 35.5. The van der Waals surface area contributed by atoms with Crippen molar-refractivity contribution in [3.63, 3.8) is 0 Å². The van der Waals surface area contributed by atoms with Crippen LogP contribution in [0.2, 0.25) is 5.02 Å². The van der Waals surface area contributed by atoms with Gasteiger partial charge in [-0.25, -0.2) is 4.79 Å². The van der Waals surface area contributed by atoms with Crippen LogP contribution in [0.3, 0.4) is 0 Å². The van der Waals surface area contributed by atoms with E-state index in [0.717, 1.165) is 49.4 Å². The number of carbonyl (C=O) groups is 1. The van der Waals surface area contributed by atoms with E-state index >= 15 is 0 Å². The summed E-state index contributed by atoms with van der Waals surface area (Å²) in [5.74, 6) is 0. The third kappa shape index (κ3) is 5.09. The van der Waals surface area contributed by atoms with Crippen LogP contribution < -0.4 is 5.32 Å². The van der Waals surface area contributed by atoms with Crippen LogP contribution in [0.5, 0.6) is 0 Å². The molecule has 1 aromatic rings. The van der Waals surface area contributed by atoms with Crippen LogP contribution in [0.25, 0.3) is 0 Å². The van der Waals surface area contributed by atoms with E-state index in [2.05, 4.69) is 5.32 Å². The molecule has 3 rings (SSSR count). The Labute approximate surface area is 154 Å². The van der Waals surface area contributed by atoms with Gasteiger partial charge in [0.1, 0.15) is 0 Å². The average Bonchev–Trinajstić information content (AvgIpc) is 3.26. The Bertz CT molecular complexity index is 578. The second-order valence-electron chi connectivity index (χ2n) is 6.95. The number of hydrogen-bond donors (Lipinski definition) is 1. The fourth-order valence-electron chi connectivity index (χ4n) is 3.49. The number of rotatable bonds is 6. The Hall–Kier alpha value is -1.30. The second-order valence-corrected chi connectivity index (χ2v) is 7.36. The molecule has 2 fully saturated rings. The van der Waals surface area contributed by atoms with Gasteiger partial charge in [0.25, 0.3) is 0 Å². The monoisotopic (exact) mass is 366 g/mol. The molecule has 0 spiro atoms. The van der Waals surface area contributed by atoms with Crippen LogP contribution in [0, 0.1) is 0 Å². The van der Waals surface area contributed by atoms with Crippen molar-refractivity contribution in [2.75, 3.05) is 26.4 Å². The molecule has 0 aromatic heterocycles. The van der Waals surface area contributed by atoms with Crippen molar-refractivity contribution in [1.29, 1.82) is 0 Å². The van der Waals surface area contributed by atoms with Gasteiger partial charge >= 0.3 is 6.03 Å². The summed E-state index contributed by atoms with van der Waals surface area (Å²) in [4.78, 5) is 14.6. The fourth-order valence-corrected chi connectivity index (χ4v) is 3.71. The Morgan fingerprint density at radius 3 is 3.04 bits per heavy atom. The molecular weight excluding hydrogens is 340 g/mol. The molecule has 6 heteroatoms. The number of nitrogens with zero attached hydrogens (tertiary/aromatic N) is 1. The van der Waals surface area contributed by atoms with E-state index in [9.17, 15) is 4.79 Å². The van der Waals surface area contributed by atoms with E-state index in [0.29, 0.717) is 13.2 Å². The number of halogens is 1. The first kappa shape index (κ1) is 18.5. The molecule has 2 heterocycles. The summed E-state index contributed by atoms with van der Waals surface area (Å²) in [6.07, 6.45) is 3.96. The largest absolute Gasteiger partial charge is 0.379 e. The Morgan fingerprint density at radius 1 is 1.44 bits per heavy atom.